The molecule has 0 aliphatic carbocycles. The molecule has 1 heterocycles. The van der Waals surface area contributed by atoms with Crippen LogP contribution in [0.4, 0.5) is 5.69 Å². The zero-order valence-electron chi connectivity index (χ0n) is 10.4. The van der Waals surface area contributed by atoms with E-state index < -0.39 is 0 Å². The van der Waals surface area contributed by atoms with Crippen LogP contribution in [0.3, 0.4) is 0 Å². The summed E-state index contributed by atoms with van der Waals surface area (Å²) in [6, 6.07) is 7.08. The maximum atomic E-state index is 12.0. The Hall–Kier alpha value is -1.59. The standard InChI is InChI=1S/C13H18N2O3/c1-2-18-10-5-3-4-9(6-10)15-13(16)11-7-17-8-12(11)14/h3-6,11-12H,2,7-8,14H2,1H3,(H,15,16). The molecule has 1 amide bonds. The second kappa shape index (κ2) is 5.84. The highest BCUT2D eigenvalue weighted by Crippen LogP contribution is 2.19. The Labute approximate surface area is 106 Å². The third-order valence-corrected chi connectivity index (χ3v) is 2.87. The molecule has 1 fully saturated rings. The summed E-state index contributed by atoms with van der Waals surface area (Å²) in [5, 5.41) is 2.83. The van der Waals surface area contributed by atoms with E-state index in [2.05, 4.69) is 5.32 Å². The summed E-state index contributed by atoms with van der Waals surface area (Å²) >= 11 is 0. The molecule has 0 saturated carbocycles. The van der Waals surface area contributed by atoms with Crippen molar-refractivity contribution in [3.05, 3.63) is 24.3 Å². The Morgan fingerprint density at radius 3 is 3.06 bits per heavy atom. The molecular formula is C13H18N2O3. The van der Waals surface area contributed by atoms with Crippen LogP contribution in [0, 0.1) is 5.92 Å². The number of benzene rings is 1. The molecule has 1 saturated heterocycles. The Morgan fingerprint density at radius 1 is 1.56 bits per heavy atom. The molecule has 0 aromatic heterocycles. The van der Waals surface area contributed by atoms with Gasteiger partial charge in [-0.2, -0.15) is 0 Å². The van der Waals surface area contributed by atoms with Crippen LogP contribution >= 0.6 is 0 Å². The fraction of sp³-hybridized carbons (Fsp3) is 0.462. The smallest absolute Gasteiger partial charge is 0.231 e. The minimum absolute atomic E-state index is 0.103. The molecule has 2 unspecified atom stereocenters. The number of ether oxygens (including phenoxy) is 2. The molecule has 0 radical (unpaired) electrons. The quantitative estimate of drug-likeness (QED) is 0.836. The van der Waals surface area contributed by atoms with Gasteiger partial charge in [0.05, 0.1) is 25.7 Å². The molecule has 98 valence electrons. The van der Waals surface area contributed by atoms with E-state index in [9.17, 15) is 4.79 Å². The predicted molar refractivity (Wildman–Crippen MR) is 68.5 cm³/mol. The van der Waals surface area contributed by atoms with Crippen molar-refractivity contribution in [1.29, 1.82) is 0 Å². The summed E-state index contributed by atoms with van der Waals surface area (Å²) in [5.41, 5.74) is 6.51. The summed E-state index contributed by atoms with van der Waals surface area (Å²) in [6.07, 6.45) is 0. The SMILES string of the molecule is CCOc1cccc(NC(=O)C2COCC2N)c1. The van der Waals surface area contributed by atoms with Crippen LogP contribution in [-0.4, -0.2) is 31.8 Å². The van der Waals surface area contributed by atoms with E-state index in [1.165, 1.54) is 0 Å². The van der Waals surface area contributed by atoms with Crippen LogP contribution in [0.5, 0.6) is 5.75 Å². The van der Waals surface area contributed by atoms with Crippen molar-refractivity contribution in [2.75, 3.05) is 25.1 Å². The van der Waals surface area contributed by atoms with Gasteiger partial charge in [0, 0.05) is 17.8 Å². The lowest BCUT2D eigenvalue weighted by Gasteiger charge is -2.14. The van der Waals surface area contributed by atoms with Gasteiger partial charge in [0.25, 0.3) is 0 Å². The Kier molecular flexibility index (Phi) is 4.17. The Bertz CT molecular complexity index is 422. The number of rotatable bonds is 4. The first-order valence-electron chi connectivity index (χ1n) is 6.07. The molecule has 1 aromatic carbocycles. The molecule has 3 N–H and O–H groups in total. The van der Waals surface area contributed by atoms with Gasteiger partial charge in [-0.25, -0.2) is 0 Å². The number of hydrogen-bond donors (Lipinski definition) is 2. The molecule has 1 aromatic rings. The molecule has 0 bridgehead atoms. The van der Waals surface area contributed by atoms with E-state index >= 15 is 0 Å². The van der Waals surface area contributed by atoms with Gasteiger partial charge in [0.1, 0.15) is 5.75 Å². The maximum Gasteiger partial charge on any atom is 0.231 e. The van der Waals surface area contributed by atoms with Crippen molar-refractivity contribution in [1.82, 2.24) is 0 Å². The van der Waals surface area contributed by atoms with Gasteiger partial charge in [0.2, 0.25) is 5.91 Å². The van der Waals surface area contributed by atoms with Crippen molar-refractivity contribution in [3.8, 4) is 5.75 Å². The highest BCUT2D eigenvalue weighted by Gasteiger charge is 2.31. The predicted octanol–water partition coefficient (Wildman–Crippen LogP) is 0.997. The fourth-order valence-electron chi connectivity index (χ4n) is 1.91. The van der Waals surface area contributed by atoms with Crippen LogP contribution in [-0.2, 0) is 9.53 Å². The first-order chi connectivity index (χ1) is 8.70. The normalized spacial score (nSPS) is 22.8. The van der Waals surface area contributed by atoms with Crippen LogP contribution in [0.2, 0.25) is 0 Å². The Balaban J connectivity index is 2.00. The van der Waals surface area contributed by atoms with E-state index in [4.69, 9.17) is 15.2 Å². The minimum Gasteiger partial charge on any atom is -0.494 e. The molecule has 0 spiro atoms. The van der Waals surface area contributed by atoms with Crippen molar-refractivity contribution in [3.63, 3.8) is 0 Å². The van der Waals surface area contributed by atoms with Crippen molar-refractivity contribution in [2.45, 2.75) is 13.0 Å². The molecule has 2 atom stereocenters. The summed E-state index contributed by atoms with van der Waals surface area (Å²) < 4.78 is 10.6. The number of amides is 1. The van der Waals surface area contributed by atoms with Crippen LogP contribution < -0.4 is 15.8 Å². The summed E-state index contributed by atoms with van der Waals surface area (Å²) in [7, 11) is 0. The van der Waals surface area contributed by atoms with Crippen LogP contribution in [0.15, 0.2) is 24.3 Å². The van der Waals surface area contributed by atoms with Gasteiger partial charge in [-0.1, -0.05) is 6.07 Å². The first kappa shape index (κ1) is 12.9. The van der Waals surface area contributed by atoms with Crippen molar-refractivity contribution in [2.24, 2.45) is 11.7 Å². The molecule has 5 heteroatoms. The van der Waals surface area contributed by atoms with Crippen molar-refractivity contribution < 1.29 is 14.3 Å². The number of hydrogen-bond acceptors (Lipinski definition) is 4. The number of nitrogens with two attached hydrogens (primary N) is 1. The lowest BCUT2D eigenvalue weighted by molar-refractivity contribution is -0.120. The van der Waals surface area contributed by atoms with Gasteiger partial charge in [0.15, 0.2) is 0 Å². The molecule has 1 aliphatic heterocycles. The molecular weight excluding hydrogens is 232 g/mol. The molecule has 1 aliphatic rings. The number of anilines is 1. The largest absolute Gasteiger partial charge is 0.494 e. The van der Waals surface area contributed by atoms with E-state index in [1.54, 1.807) is 6.07 Å². The average molecular weight is 250 g/mol. The van der Waals surface area contributed by atoms with Gasteiger partial charge in [-0.15, -0.1) is 0 Å². The van der Waals surface area contributed by atoms with Gasteiger partial charge in [-0.3, -0.25) is 4.79 Å². The van der Waals surface area contributed by atoms with E-state index in [0.717, 1.165) is 5.75 Å². The van der Waals surface area contributed by atoms with Crippen LogP contribution in [0.25, 0.3) is 0 Å². The summed E-state index contributed by atoms with van der Waals surface area (Å²) in [4.78, 5) is 12.0. The number of nitrogens with one attached hydrogen (secondary N) is 1. The third kappa shape index (κ3) is 3.00. The van der Waals surface area contributed by atoms with Crippen molar-refractivity contribution >= 4 is 11.6 Å². The summed E-state index contributed by atoms with van der Waals surface area (Å²) in [6.45, 7) is 3.34. The van der Waals surface area contributed by atoms with E-state index in [-0.39, 0.29) is 17.9 Å². The highest BCUT2D eigenvalue weighted by atomic mass is 16.5. The minimum atomic E-state index is -0.277. The lowest BCUT2D eigenvalue weighted by Crippen LogP contribution is -2.37. The first-order valence-corrected chi connectivity index (χ1v) is 6.07. The van der Waals surface area contributed by atoms with Crippen LogP contribution in [0.1, 0.15) is 6.92 Å². The molecule has 18 heavy (non-hydrogen) atoms. The topological polar surface area (TPSA) is 73.6 Å². The second-order valence-corrected chi connectivity index (χ2v) is 4.26. The highest BCUT2D eigenvalue weighted by molar-refractivity contribution is 5.93. The van der Waals surface area contributed by atoms with E-state index in [1.807, 2.05) is 25.1 Å². The van der Waals surface area contributed by atoms with Gasteiger partial charge >= 0.3 is 0 Å². The average Bonchev–Trinajstić information content (AvgIpc) is 2.76. The van der Waals surface area contributed by atoms with E-state index in [0.29, 0.717) is 25.5 Å². The molecule has 2 rings (SSSR count). The zero-order chi connectivity index (χ0) is 13.0. The molecule has 5 nitrogen and oxygen atoms in total. The van der Waals surface area contributed by atoms with Gasteiger partial charge < -0.3 is 20.5 Å². The fourth-order valence-corrected chi connectivity index (χ4v) is 1.91. The summed E-state index contributed by atoms with van der Waals surface area (Å²) in [5.74, 6) is 0.358. The second-order valence-electron chi connectivity index (χ2n) is 4.26. The lowest BCUT2D eigenvalue weighted by atomic mass is 10.0. The van der Waals surface area contributed by atoms with Gasteiger partial charge in [-0.05, 0) is 19.1 Å². The maximum absolute atomic E-state index is 12.0. The third-order valence-electron chi connectivity index (χ3n) is 2.87. The Morgan fingerprint density at radius 2 is 2.39 bits per heavy atom. The zero-order valence-corrected chi connectivity index (χ0v) is 10.4. The monoisotopic (exact) mass is 250 g/mol. The number of carbonyl (C=O) groups excluding carboxylic acids is 1. The number of carbonyl (C=O) groups is 1.